The van der Waals surface area contributed by atoms with Crippen molar-refractivity contribution in [3.8, 4) is 0 Å². The summed E-state index contributed by atoms with van der Waals surface area (Å²) in [6.07, 6.45) is 0.310. The zero-order chi connectivity index (χ0) is 71.1. The number of aryl methyl sites for hydroxylation is 2. The van der Waals surface area contributed by atoms with E-state index in [9.17, 15) is 48.3 Å². The van der Waals surface area contributed by atoms with Crippen LogP contribution in [0.5, 0.6) is 0 Å². The topological polar surface area (TPSA) is 312 Å². The number of hydrogen-bond acceptors (Lipinski definition) is 14. The van der Waals surface area contributed by atoms with Gasteiger partial charge in [-0.15, -0.1) is 0 Å². The standard InChI is InChI=1S/C74H98F2N8O14/c1-10-16-63-97-59-35-51-52-34-54(75)53-33-50(85)30-31-71(53,8)73(52,76)57(86)36-72(51,9)74(59,98-63)58(87)38-79-68(94)96-40-45-22-26-49(27-23-45)81-65(91)55(20-15-32-78-67(77)93)82-66(92)64(44(2)3)83-61(89)37-69(4,5)42-95-43-70(6,7)41-80-60(88)28-29-62(90)84-39-48-19-12-11-17-46(48)24-25-47-18-13-14-21-56(47)84/h11-14,17-19,21-23,26-27,30-31,33,44,51-52,54-55,57,59,63-64,86H,10,15-16,20,24-25,28-29,32,34-43H2,1-9H3,(H,79,94)(H,80,88)(H,81,91)(H,82,92)(H,83,89)(H3,77,78,93)/t51?,52-,54-,55-,57-,59+,63?,64-,71-,72-,73-,74+/m0/s1. The van der Waals surface area contributed by atoms with E-state index in [4.69, 9.17) is 24.7 Å². The molecule has 0 spiro atoms. The number of Topliss-reactive ketones (excluding diaryl/α,β-unsaturated/α-hetero) is 1. The van der Waals surface area contributed by atoms with Crippen molar-refractivity contribution in [1.82, 2.24) is 26.6 Å². The van der Waals surface area contributed by atoms with Gasteiger partial charge in [0.05, 0.1) is 38.5 Å². The number of halogens is 2. The number of carbonyl (C=O) groups excluding carboxylic acids is 9. The van der Waals surface area contributed by atoms with Gasteiger partial charge in [0.25, 0.3) is 0 Å². The number of hydrogen-bond donors (Lipinski definition) is 8. The fourth-order valence-electron chi connectivity index (χ4n) is 15.7. The molecular formula is C74H98F2N8O14. The molecule has 24 heteroatoms. The van der Waals surface area contributed by atoms with Crippen molar-refractivity contribution in [2.45, 2.75) is 201 Å². The van der Waals surface area contributed by atoms with Gasteiger partial charge in [0.1, 0.15) is 24.9 Å². The molecule has 4 fully saturated rings. The first-order valence-electron chi connectivity index (χ1n) is 34.4. The lowest BCUT2D eigenvalue weighted by molar-refractivity contribution is -0.233. The van der Waals surface area contributed by atoms with Crippen molar-refractivity contribution in [2.24, 2.45) is 45.1 Å². The summed E-state index contributed by atoms with van der Waals surface area (Å²) in [7, 11) is 0. The molecule has 98 heavy (non-hydrogen) atoms. The number of para-hydroxylation sites is 1. The zero-order valence-corrected chi connectivity index (χ0v) is 57.8. The average molecular weight is 1360 g/mol. The van der Waals surface area contributed by atoms with Crippen LogP contribution in [0.25, 0.3) is 0 Å². The molecule has 3 aromatic carbocycles. The van der Waals surface area contributed by atoms with E-state index in [1.165, 1.54) is 24.6 Å². The molecule has 0 radical (unpaired) electrons. The molecule has 0 bridgehead atoms. The summed E-state index contributed by atoms with van der Waals surface area (Å²) in [5.74, 6) is -5.28. The number of nitrogens with one attached hydrogen (secondary N) is 6. The molecule has 12 atom stereocenters. The number of aliphatic hydroxyl groups excluding tert-OH is 1. The van der Waals surface area contributed by atoms with Crippen LogP contribution in [0.15, 0.2) is 96.6 Å². The fraction of sp³-hybridized carbons (Fsp3) is 0.581. The summed E-state index contributed by atoms with van der Waals surface area (Å²) >= 11 is 0. The number of allylic oxidation sites excluding steroid dienone is 4. The molecule has 4 aliphatic carbocycles. The van der Waals surface area contributed by atoms with Gasteiger partial charge in [-0.05, 0) is 134 Å². The number of benzene rings is 3. The maximum Gasteiger partial charge on any atom is 0.407 e. The molecule has 8 amide bonds. The summed E-state index contributed by atoms with van der Waals surface area (Å²) in [5, 5.41) is 28.4. The van der Waals surface area contributed by atoms with Crippen molar-refractivity contribution in [3.05, 3.63) is 119 Å². The molecule has 6 aliphatic rings. The van der Waals surface area contributed by atoms with Gasteiger partial charge in [-0.1, -0.05) is 122 Å². The Bertz CT molecular complexity index is 3550. The predicted octanol–water partition coefficient (Wildman–Crippen LogP) is 8.39. The van der Waals surface area contributed by atoms with E-state index in [1.54, 1.807) is 49.9 Å². The molecule has 3 aromatic rings. The second-order valence-electron chi connectivity index (χ2n) is 29.8. The number of ketones is 2. The quantitative estimate of drug-likeness (QED) is 0.0317. The second kappa shape index (κ2) is 30.7. The highest BCUT2D eigenvalue weighted by molar-refractivity contribution is 6.02. The van der Waals surface area contributed by atoms with Crippen molar-refractivity contribution in [2.75, 3.05) is 43.1 Å². The van der Waals surface area contributed by atoms with Crippen LogP contribution in [-0.2, 0) is 78.5 Å². The van der Waals surface area contributed by atoms with E-state index >= 15 is 8.78 Å². The van der Waals surface area contributed by atoms with Crippen LogP contribution in [0, 0.1) is 39.4 Å². The number of anilines is 2. The average Bonchev–Trinajstić information content (AvgIpc) is 1.43. The van der Waals surface area contributed by atoms with Crippen molar-refractivity contribution in [3.63, 3.8) is 0 Å². The van der Waals surface area contributed by atoms with Gasteiger partial charge in [-0.25, -0.2) is 18.4 Å². The minimum absolute atomic E-state index is 0.0158. The summed E-state index contributed by atoms with van der Waals surface area (Å²) in [6.45, 7) is 16.7. The van der Waals surface area contributed by atoms with Crippen molar-refractivity contribution in [1.29, 1.82) is 0 Å². The van der Waals surface area contributed by atoms with Gasteiger partial charge in [0, 0.05) is 65.9 Å². The molecule has 9 N–H and O–H groups in total. The zero-order valence-electron chi connectivity index (χ0n) is 57.8. The third-order valence-electron chi connectivity index (χ3n) is 20.9. The van der Waals surface area contributed by atoms with Crippen LogP contribution in [0.2, 0.25) is 0 Å². The first-order valence-corrected chi connectivity index (χ1v) is 34.4. The van der Waals surface area contributed by atoms with Gasteiger partial charge in [0.15, 0.2) is 29.1 Å². The molecule has 2 aliphatic heterocycles. The maximum atomic E-state index is 18.0. The number of aliphatic hydroxyl groups is 1. The largest absolute Gasteiger partial charge is 0.445 e. The van der Waals surface area contributed by atoms with Gasteiger partial charge < -0.3 is 66.6 Å². The highest BCUT2D eigenvalue weighted by atomic mass is 19.1. The Kier molecular flexibility index (Phi) is 23.3. The van der Waals surface area contributed by atoms with Gasteiger partial charge in [0.2, 0.25) is 29.5 Å². The number of nitrogens with zero attached hydrogens (tertiary/aromatic N) is 1. The van der Waals surface area contributed by atoms with E-state index in [0.717, 1.165) is 35.7 Å². The van der Waals surface area contributed by atoms with E-state index in [2.05, 4.69) is 38.0 Å². The first-order chi connectivity index (χ1) is 46.3. The number of carbonyl (C=O) groups is 9. The van der Waals surface area contributed by atoms with E-state index in [1.807, 2.05) is 77.1 Å². The Labute approximate surface area is 572 Å². The van der Waals surface area contributed by atoms with Crippen molar-refractivity contribution >= 4 is 64.6 Å². The number of fused-ring (bicyclic) bond motifs is 9. The van der Waals surface area contributed by atoms with Crippen molar-refractivity contribution < 1.29 is 76.0 Å². The number of ether oxygens (including phenoxy) is 4. The number of primary amides is 1. The summed E-state index contributed by atoms with van der Waals surface area (Å²) < 4.78 is 58.8. The molecule has 2 heterocycles. The molecule has 3 saturated carbocycles. The lowest BCUT2D eigenvalue weighted by Crippen LogP contribution is -2.71. The number of alkyl carbamates (subject to hydrolysis) is 1. The molecule has 532 valence electrons. The smallest absolute Gasteiger partial charge is 0.407 e. The number of urea groups is 1. The second-order valence-corrected chi connectivity index (χ2v) is 29.8. The van der Waals surface area contributed by atoms with Crippen LogP contribution in [0.1, 0.15) is 149 Å². The molecule has 1 saturated heterocycles. The Morgan fingerprint density at radius 1 is 0.827 bits per heavy atom. The van der Waals surface area contributed by atoms with Gasteiger partial charge in [-0.3, -0.25) is 33.6 Å². The van der Waals surface area contributed by atoms with Crippen LogP contribution in [0.4, 0.5) is 29.7 Å². The number of alkyl halides is 2. The number of nitrogens with two attached hydrogens (primary N) is 1. The monoisotopic (exact) mass is 1360 g/mol. The van der Waals surface area contributed by atoms with Crippen LogP contribution in [0.3, 0.4) is 0 Å². The van der Waals surface area contributed by atoms with E-state index in [-0.39, 0.29) is 102 Å². The molecule has 9 rings (SSSR count). The van der Waals surface area contributed by atoms with Crippen LogP contribution in [-0.4, -0.2) is 139 Å². The minimum Gasteiger partial charge on any atom is -0.445 e. The summed E-state index contributed by atoms with van der Waals surface area (Å²) in [6, 6.07) is 19.4. The Balaban J connectivity index is 0.732. The highest BCUT2D eigenvalue weighted by Crippen LogP contribution is 2.72. The molecule has 22 nitrogen and oxygen atoms in total. The number of rotatable bonds is 28. The lowest BCUT2D eigenvalue weighted by Gasteiger charge is -2.63. The minimum atomic E-state index is -2.39. The first kappa shape index (κ1) is 74.3. The molecule has 2 unspecified atom stereocenters. The summed E-state index contributed by atoms with van der Waals surface area (Å²) in [5.41, 5.74) is 2.09. The van der Waals surface area contributed by atoms with Crippen LogP contribution >= 0.6 is 0 Å². The number of amides is 8. The normalized spacial score (nSPS) is 26.8. The van der Waals surface area contributed by atoms with E-state index < -0.39 is 135 Å². The third-order valence-corrected chi connectivity index (χ3v) is 20.9. The molecule has 0 aromatic heterocycles. The van der Waals surface area contributed by atoms with Gasteiger partial charge >= 0.3 is 12.1 Å². The molecular weight excluding hydrogens is 1260 g/mol. The Morgan fingerprint density at radius 3 is 2.21 bits per heavy atom. The van der Waals surface area contributed by atoms with Crippen LogP contribution < -0.4 is 42.5 Å². The SMILES string of the molecule is CCCC1O[C@@H]2CC3[C@@H]4C[C@H](F)C5=CC(=O)C=C[C@]5(C)[C@@]4(F)[C@@H](O)C[C@]3(C)[C@]2(C(=O)CNC(=O)OCc2ccc(NC(=O)[C@H](CCCNC(N)=O)NC(=O)[C@@H](NC(=O)CC(C)(C)COCC(C)(C)CNC(=O)CCC(=O)N3Cc4ccccc4CCc4ccccc43)C(C)C)cc2)O1. The Morgan fingerprint density at radius 2 is 1.51 bits per heavy atom. The lowest BCUT2D eigenvalue weighted by atomic mass is 9.44. The van der Waals surface area contributed by atoms with E-state index in [0.29, 0.717) is 30.6 Å². The maximum absolute atomic E-state index is 18.0. The third kappa shape index (κ3) is 16.2. The summed E-state index contributed by atoms with van der Waals surface area (Å²) in [4.78, 5) is 122. The fourth-order valence-corrected chi connectivity index (χ4v) is 15.7. The highest BCUT2D eigenvalue weighted by Gasteiger charge is 2.80. The Hall–Kier alpha value is -7.93. The predicted molar refractivity (Wildman–Crippen MR) is 362 cm³/mol. The van der Waals surface area contributed by atoms with Gasteiger partial charge in [-0.2, -0.15) is 0 Å².